The molecule has 0 aliphatic carbocycles. The Morgan fingerprint density at radius 3 is 2.83 bits per heavy atom. The number of carbonyl (C=O) groups excluding carboxylic acids is 1. The van der Waals surface area contributed by atoms with Crippen LogP contribution in [0.15, 0.2) is 30.5 Å². The minimum absolute atomic E-state index is 0.0538. The maximum Gasteiger partial charge on any atom is 0.230 e. The van der Waals surface area contributed by atoms with Gasteiger partial charge in [-0.3, -0.25) is 9.78 Å². The Bertz CT molecular complexity index is 808. The molecule has 0 spiro atoms. The molecule has 24 heavy (non-hydrogen) atoms. The zero-order valence-corrected chi connectivity index (χ0v) is 14.8. The van der Waals surface area contributed by atoms with Crippen molar-refractivity contribution in [2.75, 3.05) is 5.75 Å². The molecule has 0 aliphatic heterocycles. The van der Waals surface area contributed by atoms with E-state index in [4.69, 9.17) is 33.2 Å². The molecule has 0 saturated carbocycles. The number of nitrogens with zero attached hydrogens (tertiary/aromatic N) is 2. The average Bonchev–Trinajstić information content (AvgIpc) is 2.54. The molecule has 1 aromatic carbocycles. The summed E-state index contributed by atoms with van der Waals surface area (Å²) < 4.78 is 5.44. The number of aromatic hydroxyl groups is 1. The number of hydrogen-bond acceptors (Lipinski definition) is 6. The van der Waals surface area contributed by atoms with Gasteiger partial charge in [-0.25, -0.2) is 0 Å². The molecule has 0 bridgehead atoms. The molecule has 124 valence electrons. The molecule has 1 heterocycles. The molecule has 0 amide bonds. The summed E-state index contributed by atoms with van der Waals surface area (Å²) in [7, 11) is 0. The molecule has 2 aromatic rings. The second-order valence-corrected chi connectivity index (χ2v) is 6.52. The predicted octanol–water partition coefficient (Wildman–Crippen LogP) is 4.31. The van der Waals surface area contributed by atoms with Crippen molar-refractivity contribution in [1.82, 2.24) is 4.98 Å². The van der Waals surface area contributed by atoms with E-state index >= 15 is 0 Å². The van der Waals surface area contributed by atoms with Crippen molar-refractivity contribution in [1.29, 1.82) is 5.26 Å². The third kappa shape index (κ3) is 4.54. The number of pyridine rings is 1. The summed E-state index contributed by atoms with van der Waals surface area (Å²) in [6.45, 7) is 1.55. The standard InChI is InChI=1S/C16H12Cl2N2O3S/c1-9(16(22)24-5-4-19)23-14-3-2-10(6-13(14)21)15-12(18)7-11(17)8-20-15/h2-3,6-9,21H,5H2,1H3. The first kappa shape index (κ1) is 18.4. The number of phenols is 1. The van der Waals surface area contributed by atoms with Crippen LogP contribution in [0, 0.1) is 11.3 Å². The smallest absolute Gasteiger partial charge is 0.230 e. The summed E-state index contributed by atoms with van der Waals surface area (Å²) in [4.78, 5) is 15.9. The van der Waals surface area contributed by atoms with Gasteiger partial charge < -0.3 is 9.84 Å². The maximum atomic E-state index is 11.7. The van der Waals surface area contributed by atoms with E-state index in [1.807, 2.05) is 6.07 Å². The highest BCUT2D eigenvalue weighted by Crippen LogP contribution is 2.35. The molecule has 1 atom stereocenters. The number of aromatic nitrogens is 1. The second kappa shape index (κ2) is 8.25. The van der Waals surface area contributed by atoms with E-state index in [1.165, 1.54) is 18.3 Å². The highest BCUT2D eigenvalue weighted by molar-refractivity contribution is 8.13. The first-order chi connectivity index (χ1) is 11.4. The third-order valence-electron chi connectivity index (χ3n) is 2.95. The maximum absolute atomic E-state index is 11.7. The van der Waals surface area contributed by atoms with Crippen LogP contribution in [0.25, 0.3) is 11.3 Å². The first-order valence-corrected chi connectivity index (χ1v) is 8.51. The number of hydrogen-bond donors (Lipinski definition) is 1. The Morgan fingerprint density at radius 1 is 1.46 bits per heavy atom. The minimum atomic E-state index is -0.794. The Labute approximate surface area is 153 Å². The van der Waals surface area contributed by atoms with Gasteiger partial charge in [-0.2, -0.15) is 5.26 Å². The zero-order chi connectivity index (χ0) is 17.7. The van der Waals surface area contributed by atoms with Crippen LogP contribution in [0.2, 0.25) is 10.0 Å². The molecular weight excluding hydrogens is 371 g/mol. The number of thioether (sulfide) groups is 1. The third-order valence-corrected chi connectivity index (χ3v) is 4.34. The van der Waals surface area contributed by atoms with E-state index in [9.17, 15) is 9.90 Å². The van der Waals surface area contributed by atoms with Gasteiger partial charge in [0.1, 0.15) is 0 Å². The molecule has 2 rings (SSSR count). The molecule has 0 saturated heterocycles. The number of phenolic OH excluding ortho intramolecular Hbond substituents is 1. The van der Waals surface area contributed by atoms with Crippen LogP contribution in [0.1, 0.15) is 6.92 Å². The van der Waals surface area contributed by atoms with Gasteiger partial charge in [0.25, 0.3) is 0 Å². The van der Waals surface area contributed by atoms with Crippen LogP contribution in [-0.4, -0.2) is 27.1 Å². The number of ether oxygens (including phenoxy) is 1. The molecule has 0 fully saturated rings. The van der Waals surface area contributed by atoms with Crippen molar-refractivity contribution in [3.8, 4) is 28.8 Å². The van der Waals surface area contributed by atoms with Crippen LogP contribution >= 0.6 is 35.0 Å². The van der Waals surface area contributed by atoms with Gasteiger partial charge in [0.2, 0.25) is 5.12 Å². The van der Waals surface area contributed by atoms with E-state index in [1.54, 1.807) is 19.1 Å². The molecule has 5 nitrogen and oxygen atoms in total. The Hall–Kier alpha value is -1.94. The van der Waals surface area contributed by atoms with Crippen molar-refractivity contribution in [2.24, 2.45) is 0 Å². The van der Waals surface area contributed by atoms with E-state index in [-0.39, 0.29) is 22.4 Å². The summed E-state index contributed by atoms with van der Waals surface area (Å²) in [6.07, 6.45) is 0.662. The second-order valence-electron chi connectivity index (χ2n) is 4.69. The lowest BCUT2D eigenvalue weighted by atomic mass is 10.1. The lowest BCUT2D eigenvalue weighted by Gasteiger charge is -2.14. The minimum Gasteiger partial charge on any atom is -0.504 e. The quantitative estimate of drug-likeness (QED) is 0.828. The van der Waals surface area contributed by atoms with Crippen LogP contribution < -0.4 is 4.74 Å². The lowest BCUT2D eigenvalue weighted by Crippen LogP contribution is -2.21. The number of halogens is 2. The van der Waals surface area contributed by atoms with E-state index in [0.29, 0.717) is 21.3 Å². The van der Waals surface area contributed by atoms with Gasteiger partial charge in [-0.15, -0.1) is 0 Å². The van der Waals surface area contributed by atoms with Crippen LogP contribution in [-0.2, 0) is 4.79 Å². The normalized spacial score (nSPS) is 11.6. The fourth-order valence-electron chi connectivity index (χ4n) is 1.85. The molecule has 1 N–H and O–H groups in total. The van der Waals surface area contributed by atoms with Gasteiger partial charge in [0, 0.05) is 11.8 Å². The van der Waals surface area contributed by atoms with Gasteiger partial charge in [0.05, 0.1) is 27.6 Å². The zero-order valence-electron chi connectivity index (χ0n) is 12.5. The summed E-state index contributed by atoms with van der Waals surface area (Å²) in [6, 6.07) is 8.06. The molecule has 8 heteroatoms. The highest BCUT2D eigenvalue weighted by atomic mass is 35.5. The van der Waals surface area contributed by atoms with E-state index in [0.717, 1.165) is 11.8 Å². The van der Waals surface area contributed by atoms with Crippen molar-refractivity contribution < 1.29 is 14.6 Å². The van der Waals surface area contributed by atoms with Crippen molar-refractivity contribution in [2.45, 2.75) is 13.0 Å². The monoisotopic (exact) mass is 382 g/mol. The van der Waals surface area contributed by atoms with Crippen LogP contribution in [0.5, 0.6) is 11.5 Å². The molecular formula is C16H12Cl2N2O3S. The lowest BCUT2D eigenvalue weighted by molar-refractivity contribution is -0.116. The van der Waals surface area contributed by atoms with E-state index < -0.39 is 6.10 Å². The number of nitriles is 1. The number of rotatable bonds is 5. The largest absolute Gasteiger partial charge is 0.504 e. The molecule has 1 unspecified atom stereocenters. The summed E-state index contributed by atoms with van der Waals surface area (Å²) in [5, 5.41) is 19.1. The highest BCUT2D eigenvalue weighted by Gasteiger charge is 2.17. The van der Waals surface area contributed by atoms with Gasteiger partial charge in [-0.05, 0) is 31.2 Å². The predicted molar refractivity (Wildman–Crippen MR) is 94.5 cm³/mol. The van der Waals surface area contributed by atoms with Gasteiger partial charge in [0.15, 0.2) is 17.6 Å². The fraction of sp³-hybridized carbons (Fsp3) is 0.188. The van der Waals surface area contributed by atoms with Crippen LogP contribution in [0.3, 0.4) is 0 Å². The Kier molecular flexibility index (Phi) is 6.32. The van der Waals surface area contributed by atoms with Gasteiger partial charge in [-0.1, -0.05) is 35.0 Å². The molecule has 0 radical (unpaired) electrons. The number of carbonyl (C=O) groups is 1. The number of benzene rings is 1. The Balaban J connectivity index is 2.18. The fourth-order valence-corrected chi connectivity index (χ4v) is 2.83. The molecule has 0 aliphatic rings. The summed E-state index contributed by atoms with van der Waals surface area (Å²) in [5.74, 6) is 0.0607. The summed E-state index contributed by atoms with van der Waals surface area (Å²) >= 11 is 12.8. The average molecular weight is 383 g/mol. The summed E-state index contributed by atoms with van der Waals surface area (Å²) in [5.41, 5.74) is 1.05. The Morgan fingerprint density at radius 2 is 2.21 bits per heavy atom. The van der Waals surface area contributed by atoms with Crippen molar-refractivity contribution in [3.63, 3.8) is 0 Å². The van der Waals surface area contributed by atoms with E-state index in [2.05, 4.69) is 4.98 Å². The van der Waals surface area contributed by atoms with Crippen molar-refractivity contribution >= 4 is 40.1 Å². The topological polar surface area (TPSA) is 83.2 Å². The van der Waals surface area contributed by atoms with Crippen molar-refractivity contribution in [3.05, 3.63) is 40.5 Å². The van der Waals surface area contributed by atoms with Crippen LogP contribution in [0.4, 0.5) is 0 Å². The first-order valence-electron chi connectivity index (χ1n) is 6.77. The van der Waals surface area contributed by atoms with Gasteiger partial charge >= 0.3 is 0 Å². The molecule has 1 aromatic heterocycles. The SMILES string of the molecule is CC(Oc1ccc(-c2ncc(Cl)cc2Cl)cc1O)C(=O)SCC#N.